The molecule has 0 fully saturated rings. The number of nitrogens with one attached hydrogen (secondary N) is 1. The molecule has 1 atom stereocenters. The lowest BCUT2D eigenvalue weighted by Gasteiger charge is -2.23. The summed E-state index contributed by atoms with van der Waals surface area (Å²) >= 11 is 6.10. The molecule has 1 heterocycles. The molecule has 1 rings (SSSR count). The zero-order valence-electron chi connectivity index (χ0n) is 11.5. The second-order valence-corrected chi connectivity index (χ2v) is 5.12. The van der Waals surface area contributed by atoms with E-state index in [1.165, 1.54) is 0 Å². The first kappa shape index (κ1) is 15.2. The zero-order valence-corrected chi connectivity index (χ0v) is 12.3. The van der Waals surface area contributed by atoms with Gasteiger partial charge in [-0.1, -0.05) is 32.4 Å². The van der Waals surface area contributed by atoms with Gasteiger partial charge in [-0.05, 0) is 19.3 Å². The Bertz CT molecular complexity index is 396. The van der Waals surface area contributed by atoms with Crippen LogP contribution < -0.4 is 5.32 Å². The first-order chi connectivity index (χ1) is 8.49. The number of aliphatic hydroxyl groups excluding tert-OH is 1. The molecule has 5 heteroatoms. The van der Waals surface area contributed by atoms with E-state index >= 15 is 0 Å². The number of hydrogen-bond acceptors (Lipinski definition) is 4. The molecule has 1 aromatic heterocycles. The normalized spacial score (nSPS) is 12.8. The van der Waals surface area contributed by atoms with Crippen LogP contribution in [0.2, 0.25) is 5.15 Å². The van der Waals surface area contributed by atoms with E-state index in [1.54, 1.807) is 0 Å². The van der Waals surface area contributed by atoms with E-state index in [0.717, 1.165) is 23.6 Å². The molecule has 0 aliphatic heterocycles. The summed E-state index contributed by atoms with van der Waals surface area (Å²) in [6.45, 7) is 8.30. The second kappa shape index (κ2) is 6.90. The van der Waals surface area contributed by atoms with Gasteiger partial charge in [-0.25, -0.2) is 9.97 Å². The van der Waals surface area contributed by atoms with Gasteiger partial charge in [-0.3, -0.25) is 0 Å². The van der Waals surface area contributed by atoms with Crippen molar-refractivity contribution in [2.24, 2.45) is 5.92 Å². The van der Waals surface area contributed by atoms with Gasteiger partial charge in [-0.2, -0.15) is 0 Å². The van der Waals surface area contributed by atoms with Crippen LogP contribution >= 0.6 is 11.6 Å². The largest absolute Gasteiger partial charge is 0.396 e. The standard InChI is InChI=1S/C13H22ClN3O/c1-5-11-16-12(14)9(4)13(17-11)15-10(6-7-18)8(2)3/h8,10,18H,5-7H2,1-4H3,(H,15,16,17). The van der Waals surface area contributed by atoms with Crippen LogP contribution in [-0.4, -0.2) is 27.7 Å². The minimum absolute atomic E-state index is 0.161. The van der Waals surface area contributed by atoms with Gasteiger partial charge in [0, 0.05) is 24.6 Å². The molecule has 2 N–H and O–H groups in total. The van der Waals surface area contributed by atoms with E-state index in [9.17, 15) is 0 Å². The zero-order chi connectivity index (χ0) is 13.7. The Labute approximate surface area is 114 Å². The van der Waals surface area contributed by atoms with Crippen LogP contribution in [0, 0.1) is 12.8 Å². The molecule has 4 nitrogen and oxygen atoms in total. The molecule has 0 aliphatic rings. The summed E-state index contributed by atoms with van der Waals surface area (Å²) in [5.74, 6) is 1.92. The number of aliphatic hydroxyl groups is 1. The molecule has 0 saturated heterocycles. The van der Waals surface area contributed by atoms with Crippen molar-refractivity contribution < 1.29 is 5.11 Å². The molecular weight excluding hydrogens is 250 g/mol. The highest BCUT2D eigenvalue weighted by molar-refractivity contribution is 6.30. The van der Waals surface area contributed by atoms with Crippen LogP contribution in [0.3, 0.4) is 0 Å². The van der Waals surface area contributed by atoms with Crippen LogP contribution in [0.1, 0.15) is 38.6 Å². The molecule has 0 bridgehead atoms. The van der Waals surface area contributed by atoms with Crippen LogP contribution in [0.5, 0.6) is 0 Å². The molecule has 0 aromatic carbocycles. The number of anilines is 1. The highest BCUT2D eigenvalue weighted by Gasteiger charge is 2.16. The SMILES string of the molecule is CCc1nc(Cl)c(C)c(NC(CCO)C(C)C)n1. The molecule has 1 aromatic rings. The van der Waals surface area contributed by atoms with Crippen molar-refractivity contribution in [2.75, 3.05) is 11.9 Å². The van der Waals surface area contributed by atoms with Gasteiger partial charge < -0.3 is 10.4 Å². The Hall–Kier alpha value is -0.870. The van der Waals surface area contributed by atoms with Gasteiger partial charge in [0.15, 0.2) is 0 Å². The third-order valence-corrected chi connectivity index (χ3v) is 3.38. The summed E-state index contributed by atoms with van der Waals surface area (Å²) in [5, 5.41) is 13.0. The van der Waals surface area contributed by atoms with E-state index < -0.39 is 0 Å². The lowest BCUT2D eigenvalue weighted by atomic mass is 10.0. The van der Waals surface area contributed by atoms with Gasteiger partial charge in [0.05, 0.1) is 0 Å². The minimum atomic E-state index is 0.161. The van der Waals surface area contributed by atoms with E-state index in [-0.39, 0.29) is 12.6 Å². The number of hydrogen-bond donors (Lipinski definition) is 2. The van der Waals surface area contributed by atoms with Crippen LogP contribution in [0.15, 0.2) is 0 Å². The lowest BCUT2D eigenvalue weighted by molar-refractivity contribution is 0.267. The first-order valence-corrected chi connectivity index (χ1v) is 6.77. The summed E-state index contributed by atoms with van der Waals surface area (Å²) in [7, 11) is 0. The van der Waals surface area contributed by atoms with Crippen molar-refractivity contribution in [3.8, 4) is 0 Å². The summed E-state index contributed by atoms with van der Waals surface area (Å²) < 4.78 is 0. The molecule has 0 radical (unpaired) electrons. The van der Waals surface area contributed by atoms with E-state index in [0.29, 0.717) is 17.5 Å². The highest BCUT2D eigenvalue weighted by Crippen LogP contribution is 2.22. The quantitative estimate of drug-likeness (QED) is 0.781. The van der Waals surface area contributed by atoms with Crippen molar-refractivity contribution >= 4 is 17.4 Å². The highest BCUT2D eigenvalue weighted by atomic mass is 35.5. The van der Waals surface area contributed by atoms with Crippen molar-refractivity contribution in [3.05, 3.63) is 16.5 Å². The average molecular weight is 272 g/mol. The van der Waals surface area contributed by atoms with Gasteiger partial charge in [0.2, 0.25) is 0 Å². The summed E-state index contributed by atoms with van der Waals surface area (Å²) in [5.41, 5.74) is 0.859. The van der Waals surface area contributed by atoms with E-state index in [2.05, 4.69) is 29.1 Å². The molecule has 1 unspecified atom stereocenters. The Kier molecular flexibility index (Phi) is 5.82. The van der Waals surface area contributed by atoms with E-state index in [1.807, 2.05) is 13.8 Å². The maximum absolute atomic E-state index is 9.09. The number of halogens is 1. The fourth-order valence-corrected chi connectivity index (χ4v) is 1.91. The maximum Gasteiger partial charge on any atom is 0.137 e. The molecule has 18 heavy (non-hydrogen) atoms. The van der Waals surface area contributed by atoms with Gasteiger partial charge in [0.25, 0.3) is 0 Å². The fraction of sp³-hybridized carbons (Fsp3) is 0.692. The molecule has 0 aliphatic carbocycles. The number of aryl methyl sites for hydroxylation is 1. The Morgan fingerprint density at radius 3 is 2.50 bits per heavy atom. The lowest BCUT2D eigenvalue weighted by Crippen LogP contribution is -2.28. The predicted molar refractivity (Wildman–Crippen MR) is 75.1 cm³/mol. The maximum atomic E-state index is 9.09. The van der Waals surface area contributed by atoms with Crippen LogP contribution in [-0.2, 0) is 6.42 Å². The molecule has 0 amide bonds. The molecule has 0 saturated carbocycles. The average Bonchev–Trinajstić information content (AvgIpc) is 2.33. The topological polar surface area (TPSA) is 58.0 Å². The van der Waals surface area contributed by atoms with Crippen molar-refractivity contribution in [2.45, 2.75) is 46.6 Å². The Morgan fingerprint density at radius 2 is 2.00 bits per heavy atom. The molecule has 0 spiro atoms. The van der Waals surface area contributed by atoms with Crippen molar-refractivity contribution in [1.29, 1.82) is 0 Å². The monoisotopic (exact) mass is 271 g/mol. The van der Waals surface area contributed by atoms with Crippen molar-refractivity contribution in [1.82, 2.24) is 9.97 Å². The summed E-state index contributed by atoms with van der Waals surface area (Å²) in [6, 6.07) is 0.185. The smallest absolute Gasteiger partial charge is 0.137 e. The second-order valence-electron chi connectivity index (χ2n) is 4.76. The Morgan fingerprint density at radius 1 is 1.33 bits per heavy atom. The number of nitrogens with zero attached hydrogens (tertiary/aromatic N) is 2. The third-order valence-electron chi connectivity index (χ3n) is 3.02. The predicted octanol–water partition coefficient (Wildman–Crippen LogP) is 2.82. The van der Waals surface area contributed by atoms with Crippen molar-refractivity contribution in [3.63, 3.8) is 0 Å². The first-order valence-electron chi connectivity index (χ1n) is 6.40. The van der Waals surface area contributed by atoms with E-state index in [4.69, 9.17) is 16.7 Å². The molecular formula is C13H22ClN3O. The van der Waals surface area contributed by atoms with Gasteiger partial charge in [-0.15, -0.1) is 0 Å². The van der Waals surface area contributed by atoms with Crippen LogP contribution in [0.4, 0.5) is 5.82 Å². The number of rotatable bonds is 6. The van der Waals surface area contributed by atoms with Gasteiger partial charge in [0.1, 0.15) is 16.8 Å². The van der Waals surface area contributed by atoms with Gasteiger partial charge >= 0.3 is 0 Å². The number of aromatic nitrogens is 2. The minimum Gasteiger partial charge on any atom is -0.396 e. The fourth-order valence-electron chi connectivity index (χ4n) is 1.72. The summed E-state index contributed by atoms with van der Waals surface area (Å²) in [4.78, 5) is 8.68. The van der Waals surface area contributed by atoms with Crippen LogP contribution in [0.25, 0.3) is 0 Å². The summed E-state index contributed by atoms with van der Waals surface area (Å²) in [6.07, 6.45) is 1.45. The Balaban J connectivity index is 2.97. The molecule has 102 valence electrons. The third kappa shape index (κ3) is 3.82.